The summed E-state index contributed by atoms with van der Waals surface area (Å²) in [5.74, 6) is 1.36. The number of halogens is 2. The van der Waals surface area contributed by atoms with Gasteiger partial charge in [-0.2, -0.15) is 5.10 Å². The molecule has 0 saturated heterocycles. The van der Waals surface area contributed by atoms with E-state index in [0.29, 0.717) is 28.8 Å². The molecule has 0 bridgehead atoms. The molecule has 0 aliphatic carbocycles. The molecule has 138 valence electrons. The number of aromatic nitrogens is 3. The van der Waals surface area contributed by atoms with Crippen molar-refractivity contribution in [2.24, 2.45) is 7.05 Å². The second-order valence-electron chi connectivity index (χ2n) is 5.84. The third-order valence-corrected chi connectivity index (χ3v) is 5.77. The molecular weight excluding hydrogens is 411 g/mol. The quantitative estimate of drug-likeness (QED) is 0.496. The average Bonchev–Trinajstić information content (AvgIpc) is 3.12. The zero-order valence-electron chi connectivity index (χ0n) is 14.4. The van der Waals surface area contributed by atoms with Crippen LogP contribution in [-0.2, 0) is 26.9 Å². The van der Waals surface area contributed by atoms with Crippen molar-refractivity contribution in [1.82, 2.24) is 19.2 Å². The maximum atomic E-state index is 6.12. The van der Waals surface area contributed by atoms with Gasteiger partial charge in [-0.3, -0.25) is 4.90 Å². The van der Waals surface area contributed by atoms with Gasteiger partial charge in [0.2, 0.25) is 0 Å². The molecule has 0 atom stereocenters. The molecule has 0 fully saturated rings. The lowest BCUT2D eigenvalue weighted by Crippen LogP contribution is -2.22. The van der Waals surface area contributed by atoms with Crippen LogP contribution in [0.25, 0.3) is 0 Å². The first kappa shape index (κ1) is 19.4. The fourth-order valence-electron chi connectivity index (χ4n) is 2.44. The van der Waals surface area contributed by atoms with E-state index in [2.05, 4.69) is 10.00 Å². The van der Waals surface area contributed by atoms with E-state index in [1.807, 2.05) is 49.0 Å². The number of hydrogen-bond donors (Lipinski definition) is 0. The Kier molecular flexibility index (Phi) is 6.37. The molecule has 9 heteroatoms. The zero-order chi connectivity index (χ0) is 18.7. The number of nitrogens with zero attached hydrogens (tertiary/aromatic N) is 4. The lowest BCUT2D eigenvalue weighted by molar-refractivity contribution is 0.242. The molecule has 5 nitrogen and oxygen atoms in total. The molecule has 1 aromatic carbocycles. The van der Waals surface area contributed by atoms with Crippen molar-refractivity contribution in [2.45, 2.75) is 19.8 Å². The van der Waals surface area contributed by atoms with Crippen molar-refractivity contribution in [3.63, 3.8) is 0 Å². The highest BCUT2D eigenvalue weighted by atomic mass is 35.5. The van der Waals surface area contributed by atoms with Crippen LogP contribution in [0.4, 0.5) is 0 Å². The predicted molar refractivity (Wildman–Crippen MR) is 109 cm³/mol. The van der Waals surface area contributed by atoms with Crippen molar-refractivity contribution in [2.75, 3.05) is 7.05 Å². The summed E-state index contributed by atoms with van der Waals surface area (Å²) in [7, 11) is 3.90. The van der Waals surface area contributed by atoms with E-state index >= 15 is 0 Å². The third-order valence-electron chi connectivity index (χ3n) is 3.75. The largest absolute Gasteiger partial charge is 0.484 e. The predicted octanol–water partition coefficient (Wildman–Crippen LogP) is 4.99. The Morgan fingerprint density at radius 2 is 2.00 bits per heavy atom. The molecule has 0 saturated carbocycles. The molecule has 0 amide bonds. The summed E-state index contributed by atoms with van der Waals surface area (Å²) < 4.78 is 10.8. The number of rotatable bonds is 7. The van der Waals surface area contributed by atoms with Crippen LogP contribution < -0.4 is 4.74 Å². The Morgan fingerprint density at radius 1 is 1.23 bits per heavy atom. The highest BCUT2D eigenvalue weighted by molar-refractivity contribution is 7.71. The zero-order valence-corrected chi connectivity index (χ0v) is 17.5. The SMILES string of the molecule is CN(Cc1ccc(Cl)s1)Cn1nc(COc2ccccc2Cl)n(C)c1=S. The molecule has 0 aliphatic rings. The summed E-state index contributed by atoms with van der Waals surface area (Å²) in [6, 6.07) is 11.3. The van der Waals surface area contributed by atoms with E-state index < -0.39 is 0 Å². The summed E-state index contributed by atoms with van der Waals surface area (Å²) in [6.45, 7) is 1.65. The molecule has 0 aliphatic heterocycles. The van der Waals surface area contributed by atoms with Crippen LogP contribution in [0.3, 0.4) is 0 Å². The van der Waals surface area contributed by atoms with Crippen LogP contribution in [0, 0.1) is 4.77 Å². The first-order valence-corrected chi connectivity index (χ1v) is 9.85. The van der Waals surface area contributed by atoms with Gasteiger partial charge in [0.1, 0.15) is 12.4 Å². The van der Waals surface area contributed by atoms with E-state index in [-0.39, 0.29) is 0 Å². The molecule has 3 aromatic rings. The van der Waals surface area contributed by atoms with Crippen molar-refractivity contribution in [3.05, 3.63) is 61.2 Å². The standard InChI is InChI=1S/C17H18Cl2N4OS2/c1-21(9-12-7-8-15(19)26-12)11-23-17(25)22(2)16(20-23)10-24-14-6-4-3-5-13(14)18/h3-8H,9-11H2,1-2H3. The van der Waals surface area contributed by atoms with Gasteiger partial charge >= 0.3 is 0 Å². The minimum Gasteiger partial charge on any atom is -0.484 e. The second kappa shape index (κ2) is 8.54. The van der Waals surface area contributed by atoms with Crippen molar-refractivity contribution < 1.29 is 4.74 Å². The van der Waals surface area contributed by atoms with Crippen LogP contribution in [0.1, 0.15) is 10.7 Å². The van der Waals surface area contributed by atoms with Crippen molar-refractivity contribution in [1.29, 1.82) is 0 Å². The molecule has 0 spiro atoms. The molecule has 2 aromatic heterocycles. The summed E-state index contributed by atoms with van der Waals surface area (Å²) in [5, 5.41) is 5.16. The number of para-hydroxylation sites is 1. The van der Waals surface area contributed by atoms with E-state index in [4.69, 9.17) is 40.2 Å². The molecule has 3 rings (SSSR count). The number of benzene rings is 1. The average molecular weight is 429 g/mol. The van der Waals surface area contributed by atoms with Gasteiger partial charge in [0.25, 0.3) is 0 Å². The first-order valence-electron chi connectivity index (χ1n) is 7.87. The van der Waals surface area contributed by atoms with Gasteiger partial charge in [0.05, 0.1) is 16.0 Å². The van der Waals surface area contributed by atoms with Crippen LogP contribution >= 0.6 is 46.8 Å². The van der Waals surface area contributed by atoms with E-state index in [0.717, 1.165) is 16.7 Å². The number of thiophene rings is 1. The summed E-state index contributed by atoms with van der Waals surface area (Å²) in [4.78, 5) is 3.33. The van der Waals surface area contributed by atoms with Gasteiger partial charge in [-0.05, 0) is 43.5 Å². The minimum absolute atomic E-state index is 0.293. The Balaban J connectivity index is 1.66. The smallest absolute Gasteiger partial charge is 0.198 e. The van der Waals surface area contributed by atoms with Crippen LogP contribution in [-0.4, -0.2) is 26.3 Å². The summed E-state index contributed by atoms with van der Waals surface area (Å²) in [6.07, 6.45) is 0. The molecule has 26 heavy (non-hydrogen) atoms. The lowest BCUT2D eigenvalue weighted by atomic mass is 10.3. The van der Waals surface area contributed by atoms with Crippen molar-refractivity contribution >= 4 is 46.8 Å². The van der Waals surface area contributed by atoms with Gasteiger partial charge in [-0.25, -0.2) is 4.68 Å². The van der Waals surface area contributed by atoms with Gasteiger partial charge < -0.3 is 9.30 Å². The van der Waals surface area contributed by atoms with E-state index in [1.54, 1.807) is 22.1 Å². The lowest BCUT2D eigenvalue weighted by Gasteiger charge is -2.15. The van der Waals surface area contributed by atoms with Crippen LogP contribution in [0.2, 0.25) is 9.36 Å². The van der Waals surface area contributed by atoms with Crippen molar-refractivity contribution in [3.8, 4) is 5.75 Å². The fourth-order valence-corrected chi connectivity index (χ4v) is 4.00. The Bertz CT molecular complexity index is 950. The highest BCUT2D eigenvalue weighted by Gasteiger charge is 2.12. The van der Waals surface area contributed by atoms with Crippen LogP contribution in [0.15, 0.2) is 36.4 Å². The molecule has 2 heterocycles. The Morgan fingerprint density at radius 3 is 2.69 bits per heavy atom. The fraction of sp³-hybridized carbons (Fsp3) is 0.294. The Hall–Kier alpha value is -1.38. The molecular formula is C17H18Cl2N4OS2. The van der Waals surface area contributed by atoms with E-state index in [9.17, 15) is 0 Å². The van der Waals surface area contributed by atoms with Gasteiger partial charge in [-0.1, -0.05) is 35.3 Å². The van der Waals surface area contributed by atoms with Gasteiger partial charge in [0.15, 0.2) is 10.6 Å². The maximum absolute atomic E-state index is 6.12. The van der Waals surface area contributed by atoms with Gasteiger partial charge in [0, 0.05) is 18.5 Å². The van der Waals surface area contributed by atoms with Crippen LogP contribution in [0.5, 0.6) is 5.75 Å². The normalized spacial score (nSPS) is 11.3. The molecule has 0 unspecified atom stereocenters. The summed E-state index contributed by atoms with van der Waals surface area (Å²) >= 11 is 19.2. The number of hydrogen-bond acceptors (Lipinski definition) is 5. The second-order valence-corrected chi connectivity index (χ2v) is 8.41. The summed E-state index contributed by atoms with van der Waals surface area (Å²) in [5.41, 5.74) is 0. The first-order chi connectivity index (χ1) is 12.4. The molecule has 0 N–H and O–H groups in total. The highest BCUT2D eigenvalue weighted by Crippen LogP contribution is 2.24. The topological polar surface area (TPSA) is 35.2 Å². The minimum atomic E-state index is 0.293. The number of ether oxygens (including phenoxy) is 1. The maximum Gasteiger partial charge on any atom is 0.198 e. The Labute approximate surface area is 171 Å². The van der Waals surface area contributed by atoms with E-state index in [1.165, 1.54) is 4.88 Å². The van der Waals surface area contributed by atoms with Gasteiger partial charge in [-0.15, -0.1) is 11.3 Å². The third kappa shape index (κ3) is 4.66. The molecule has 0 radical (unpaired) electrons. The monoisotopic (exact) mass is 428 g/mol.